The van der Waals surface area contributed by atoms with E-state index in [1.807, 2.05) is 19.9 Å². The van der Waals surface area contributed by atoms with E-state index < -0.39 is 0 Å². The van der Waals surface area contributed by atoms with Crippen LogP contribution in [0.15, 0.2) is 18.2 Å². The van der Waals surface area contributed by atoms with E-state index in [9.17, 15) is 9.59 Å². The van der Waals surface area contributed by atoms with Crippen LogP contribution < -0.4 is 10.1 Å². The maximum atomic E-state index is 11.6. The maximum absolute atomic E-state index is 11.6. The standard InChI is InChI=1S/C14H18ClNO3/c1-3-16-13(17)5-4-6-14(18)19-12-8-7-10(2)9-11(12)15/h7-9H,3-6H2,1-2H3,(H,16,17). The molecule has 0 heterocycles. The van der Waals surface area contributed by atoms with Gasteiger partial charge in [0.05, 0.1) is 5.02 Å². The Kier molecular flexibility index (Phi) is 6.36. The van der Waals surface area contributed by atoms with Crippen molar-refractivity contribution >= 4 is 23.5 Å². The highest BCUT2D eigenvalue weighted by Gasteiger charge is 2.09. The summed E-state index contributed by atoms with van der Waals surface area (Å²) < 4.78 is 5.14. The van der Waals surface area contributed by atoms with E-state index in [4.69, 9.17) is 16.3 Å². The van der Waals surface area contributed by atoms with Gasteiger partial charge in [-0.2, -0.15) is 0 Å². The summed E-state index contributed by atoms with van der Waals surface area (Å²) in [6, 6.07) is 5.22. The number of amides is 1. The second kappa shape index (κ2) is 7.79. The lowest BCUT2D eigenvalue weighted by molar-refractivity contribution is -0.134. The summed E-state index contributed by atoms with van der Waals surface area (Å²) >= 11 is 5.96. The van der Waals surface area contributed by atoms with E-state index in [2.05, 4.69) is 5.32 Å². The van der Waals surface area contributed by atoms with E-state index in [0.29, 0.717) is 30.2 Å². The summed E-state index contributed by atoms with van der Waals surface area (Å²) in [4.78, 5) is 22.8. The fourth-order valence-electron chi connectivity index (χ4n) is 1.54. The molecule has 0 unspecified atom stereocenters. The van der Waals surface area contributed by atoms with Gasteiger partial charge in [0.15, 0.2) is 0 Å². The molecule has 104 valence electrons. The highest BCUT2D eigenvalue weighted by molar-refractivity contribution is 6.32. The number of carbonyl (C=O) groups is 2. The molecular formula is C14H18ClNO3. The van der Waals surface area contributed by atoms with Gasteiger partial charge in [-0.15, -0.1) is 0 Å². The highest BCUT2D eigenvalue weighted by Crippen LogP contribution is 2.25. The minimum absolute atomic E-state index is 0.0522. The third-order valence-corrected chi connectivity index (χ3v) is 2.77. The fraction of sp³-hybridized carbons (Fsp3) is 0.429. The number of esters is 1. The largest absolute Gasteiger partial charge is 0.425 e. The third kappa shape index (κ3) is 5.75. The zero-order valence-corrected chi connectivity index (χ0v) is 11.9. The molecule has 1 aromatic rings. The Labute approximate surface area is 118 Å². The first kappa shape index (κ1) is 15.5. The first-order valence-electron chi connectivity index (χ1n) is 6.26. The number of carbonyl (C=O) groups excluding carboxylic acids is 2. The van der Waals surface area contributed by atoms with E-state index in [1.165, 1.54) is 0 Å². The summed E-state index contributed by atoms with van der Waals surface area (Å²) in [6.45, 7) is 4.36. The summed E-state index contributed by atoms with van der Waals surface area (Å²) in [6.07, 6.45) is 0.986. The van der Waals surface area contributed by atoms with Gasteiger partial charge in [-0.3, -0.25) is 9.59 Å². The summed E-state index contributed by atoms with van der Waals surface area (Å²) in [7, 11) is 0. The van der Waals surface area contributed by atoms with Crippen LogP contribution in [-0.2, 0) is 9.59 Å². The predicted molar refractivity (Wildman–Crippen MR) is 74.4 cm³/mol. The van der Waals surface area contributed by atoms with Crippen LogP contribution in [0.3, 0.4) is 0 Å². The topological polar surface area (TPSA) is 55.4 Å². The minimum atomic E-state index is -0.380. The van der Waals surface area contributed by atoms with Gasteiger partial charge in [0.25, 0.3) is 0 Å². The summed E-state index contributed by atoms with van der Waals surface area (Å²) in [5.74, 6) is -0.0750. The summed E-state index contributed by atoms with van der Waals surface area (Å²) in [5, 5.41) is 3.09. The number of hydrogen-bond acceptors (Lipinski definition) is 3. The lowest BCUT2D eigenvalue weighted by Crippen LogP contribution is -2.22. The zero-order valence-electron chi connectivity index (χ0n) is 11.2. The molecule has 0 spiro atoms. The maximum Gasteiger partial charge on any atom is 0.311 e. The normalized spacial score (nSPS) is 10.1. The molecule has 1 amide bonds. The van der Waals surface area contributed by atoms with Crippen molar-refractivity contribution in [3.8, 4) is 5.75 Å². The third-order valence-electron chi connectivity index (χ3n) is 2.47. The molecule has 5 heteroatoms. The number of aryl methyl sites for hydroxylation is 1. The van der Waals surface area contributed by atoms with Gasteiger partial charge in [-0.25, -0.2) is 0 Å². The molecule has 0 saturated carbocycles. The van der Waals surface area contributed by atoms with Crippen LogP contribution in [0, 0.1) is 6.92 Å². The first-order chi connectivity index (χ1) is 9.02. The smallest absolute Gasteiger partial charge is 0.311 e. The van der Waals surface area contributed by atoms with Crippen molar-refractivity contribution in [1.82, 2.24) is 5.32 Å². The minimum Gasteiger partial charge on any atom is -0.425 e. The molecule has 0 aliphatic heterocycles. The lowest BCUT2D eigenvalue weighted by Gasteiger charge is -2.07. The Morgan fingerprint density at radius 2 is 2.05 bits per heavy atom. The second-order valence-corrected chi connectivity index (χ2v) is 4.62. The molecule has 0 aromatic heterocycles. The number of ether oxygens (including phenoxy) is 1. The van der Waals surface area contributed by atoms with Crippen LogP contribution in [-0.4, -0.2) is 18.4 Å². The van der Waals surface area contributed by atoms with Gasteiger partial charge >= 0.3 is 5.97 Å². The van der Waals surface area contributed by atoms with Crippen molar-refractivity contribution in [2.45, 2.75) is 33.1 Å². The number of halogens is 1. The number of nitrogens with one attached hydrogen (secondary N) is 1. The molecule has 19 heavy (non-hydrogen) atoms. The molecule has 0 bridgehead atoms. The van der Waals surface area contributed by atoms with Crippen LogP contribution >= 0.6 is 11.6 Å². The molecule has 0 fully saturated rings. The van der Waals surface area contributed by atoms with Crippen molar-refractivity contribution in [3.63, 3.8) is 0 Å². The molecule has 1 aromatic carbocycles. The molecule has 0 saturated heterocycles. The molecular weight excluding hydrogens is 266 g/mol. The van der Waals surface area contributed by atoms with Gasteiger partial charge in [-0.1, -0.05) is 17.7 Å². The fourth-order valence-corrected chi connectivity index (χ4v) is 1.81. The van der Waals surface area contributed by atoms with Crippen molar-refractivity contribution < 1.29 is 14.3 Å². The number of rotatable bonds is 6. The average molecular weight is 284 g/mol. The lowest BCUT2D eigenvalue weighted by atomic mass is 10.2. The summed E-state index contributed by atoms with van der Waals surface area (Å²) in [5.41, 5.74) is 1.00. The molecule has 1 N–H and O–H groups in total. The molecule has 0 aliphatic carbocycles. The van der Waals surface area contributed by atoms with E-state index in [-0.39, 0.29) is 18.3 Å². The van der Waals surface area contributed by atoms with Gasteiger partial charge < -0.3 is 10.1 Å². The van der Waals surface area contributed by atoms with E-state index in [0.717, 1.165) is 5.56 Å². The Morgan fingerprint density at radius 1 is 1.32 bits per heavy atom. The Bertz CT molecular complexity index is 460. The zero-order chi connectivity index (χ0) is 14.3. The molecule has 1 rings (SSSR count). The van der Waals surface area contributed by atoms with E-state index >= 15 is 0 Å². The van der Waals surface area contributed by atoms with Gasteiger partial charge in [-0.05, 0) is 38.0 Å². The van der Waals surface area contributed by atoms with Crippen LogP contribution in [0.5, 0.6) is 5.75 Å². The molecule has 0 radical (unpaired) electrons. The quantitative estimate of drug-likeness (QED) is 0.645. The Morgan fingerprint density at radius 3 is 2.68 bits per heavy atom. The Balaban J connectivity index is 2.37. The van der Waals surface area contributed by atoms with Gasteiger partial charge in [0.2, 0.25) is 5.91 Å². The molecule has 0 atom stereocenters. The first-order valence-corrected chi connectivity index (χ1v) is 6.64. The molecule has 0 aliphatic rings. The highest BCUT2D eigenvalue weighted by atomic mass is 35.5. The van der Waals surface area contributed by atoms with Crippen LogP contribution in [0.25, 0.3) is 0 Å². The van der Waals surface area contributed by atoms with Crippen molar-refractivity contribution in [2.75, 3.05) is 6.54 Å². The number of hydrogen-bond donors (Lipinski definition) is 1. The van der Waals surface area contributed by atoms with Crippen molar-refractivity contribution in [1.29, 1.82) is 0 Å². The number of benzene rings is 1. The van der Waals surface area contributed by atoms with Crippen LogP contribution in [0.1, 0.15) is 31.7 Å². The monoisotopic (exact) mass is 283 g/mol. The van der Waals surface area contributed by atoms with Crippen molar-refractivity contribution in [2.24, 2.45) is 0 Å². The van der Waals surface area contributed by atoms with Crippen LogP contribution in [0.4, 0.5) is 0 Å². The Hall–Kier alpha value is -1.55. The van der Waals surface area contributed by atoms with Gasteiger partial charge in [0.1, 0.15) is 5.75 Å². The molecule has 4 nitrogen and oxygen atoms in total. The van der Waals surface area contributed by atoms with Gasteiger partial charge in [0, 0.05) is 19.4 Å². The average Bonchev–Trinajstić information content (AvgIpc) is 2.33. The van der Waals surface area contributed by atoms with Crippen molar-refractivity contribution in [3.05, 3.63) is 28.8 Å². The predicted octanol–water partition coefficient (Wildman–Crippen LogP) is 2.86. The SMILES string of the molecule is CCNC(=O)CCCC(=O)Oc1ccc(C)cc1Cl. The van der Waals surface area contributed by atoms with E-state index in [1.54, 1.807) is 12.1 Å². The van der Waals surface area contributed by atoms with Crippen LogP contribution in [0.2, 0.25) is 5.02 Å². The second-order valence-electron chi connectivity index (χ2n) is 4.22.